The van der Waals surface area contributed by atoms with Crippen molar-refractivity contribution in [3.8, 4) is 0 Å². The number of rotatable bonds is 3. The topological polar surface area (TPSA) is 96.7 Å². The first-order valence-corrected chi connectivity index (χ1v) is 10.4. The fourth-order valence-corrected chi connectivity index (χ4v) is 5.17. The van der Waals surface area contributed by atoms with Gasteiger partial charge in [0, 0.05) is 11.8 Å². The molecule has 1 unspecified atom stereocenters. The summed E-state index contributed by atoms with van der Waals surface area (Å²) in [6.45, 7) is 1.89. The zero-order valence-corrected chi connectivity index (χ0v) is 16.3. The lowest BCUT2D eigenvalue weighted by Crippen LogP contribution is -2.36. The van der Waals surface area contributed by atoms with Gasteiger partial charge in [-0.25, -0.2) is 12.4 Å². The molecule has 0 aliphatic carbocycles. The Bertz CT molecular complexity index is 1210. The summed E-state index contributed by atoms with van der Waals surface area (Å²) in [5.74, 6) is -1.60. The maximum Gasteiger partial charge on any atom is 0.305 e. The van der Waals surface area contributed by atoms with Crippen LogP contribution < -0.4 is 4.90 Å². The van der Waals surface area contributed by atoms with Gasteiger partial charge in [0.2, 0.25) is 0 Å². The highest BCUT2D eigenvalue weighted by atomic mass is 32.2. The number of anilines is 1. The van der Waals surface area contributed by atoms with E-state index in [4.69, 9.17) is 0 Å². The number of carbonyl (C=O) groups excluding carboxylic acids is 1. The van der Waals surface area contributed by atoms with Crippen molar-refractivity contribution in [2.75, 3.05) is 4.90 Å². The van der Waals surface area contributed by atoms with Crippen LogP contribution in [0.2, 0.25) is 0 Å². The fourth-order valence-electron chi connectivity index (χ4n) is 3.58. The Morgan fingerprint density at radius 1 is 1.00 bits per heavy atom. The molecule has 1 amide bonds. The van der Waals surface area contributed by atoms with Crippen molar-refractivity contribution in [2.45, 2.75) is 24.3 Å². The molecule has 0 spiro atoms. The summed E-state index contributed by atoms with van der Waals surface area (Å²) >= 11 is 0. The molecule has 3 aromatic rings. The lowest BCUT2D eigenvalue weighted by atomic mass is 10.0. The molecule has 0 saturated heterocycles. The molecule has 0 saturated carbocycles. The molecule has 4 rings (SSSR count). The predicted octanol–water partition coefficient (Wildman–Crippen LogP) is 3.21. The van der Waals surface area contributed by atoms with Crippen LogP contribution in [0.3, 0.4) is 0 Å². The Morgan fingerprint density at radius 2 is 1.69 bits per heavy atom. The van der Waals surface area contributed by atoms with E-state index in [1.807, 2.05) is 6.92 Å². The zero-order chi connectivity index (χ0) is 20.8. The van der Waals surface area contributed by atoms with Gasteiger partial charge in [-0.1, -0.05) is 29.8 Å². The van der Waals surface area contributed by atoms with Crippen LogP contribution in [-0.2, 0) is 14.8 Å². The number of nitrogens with zero attached hydrogens (tertiary/aromatic N) is 2. The molecular formula is C21H18N2O5S. The van der Waals surface area contributed by atoms with E-state index in [1.165, 1.54) is 35.4 Å². The lowest BCUT2D eigenvalue weighted by molar-refractivity contribution is -0.137. The number of hydrogen-bond donors (Lipinski definition) is 1. The number of benzene rings is 2. The third-order valence-electron chi connectivity index (χ3n) is 4.94. The Morgan fingerprint density at radius 3 is 2.38 bits per heavy atom. The molecule has 7 nitrogen and oxygen atoms in total. The summed E-state index contributed by atoms with van der Waals surface area (Å²) in [5, 5.41) is 9.51. The second kappa shape index (κ2) is 6.89. The Labute approximate surface area is 167 Å². The first kappa shape index (κ1) is 18.9. The Hall–Kier alpha value is -3.39. The van der Waals surface area contributed by atoms with Gasteiger partial charge >= 0.3 is 5.97 Å². The molecule has 1 N–H and O–H groups in total. The molecule has 2 aromatic carbocycles. The third kappa shape index (κ3) is 3.11. The van der Waals surface area contributed by atoms with E-state index in [9.17, 15) is 23.1 Å². The van der Waals surface area contributed by atoms with Gasteiger partial charge < -0.3 is 5.11 Å². The van der Waals surface area contributed by atoms with Crippen molar-refractivity contribution in [2.24, 2.45) is 0 Å². The van der Waals surface area contributed by atoms with E-state index in [1.54, 1.807) is 36.4 Å². The monoisotopic (exact) mass is 410 g/mol. The number of carboxylic acid groups (broad SMARTS) is 1. The molecule has 0 radical (unpaired) electrons. The van der Waals surface area contributed by atoms with Gasteiger partial charge in [-0.05, 0) is 43.3 Å². The van der Waals surface area contributed by atoms with Crippen LogP contribution >= 0.6 is 0 Å². The Balaban J connectivity index is 2.01. The minimum Gasteiger partial charge on any atom is -0.481 e. The summed E-state index contributed by atoms with van der Waals surface area (Å²) < 4.78 is 27.5. The number of carbonyl (C=O) groups is 2. The highest BCUT2D eigenvalue weighted by Crippen LogP contribution is 2.40. The van der Waals surface area contributed by atoms with E-state index in [0.717, 1.165) is 9.54 Å². The maximum absolute atomic E-state index is 13.5. The summed E-state index contributed by atoms with van der Waals surface area (Å²) in [7, 11) is -3.99. The number of hydrogen-bond acceptors (Lipinski definition) is 4. The van der Waals surface area contributed by atoms with Crippen LogP contribution in [0.4, 0.5) is 5.69 Å². The number of amides is 1. The summed E-state index contributed by atoms with van der Waals surface area (Å²) in [4.78, 5) is 26.4. The second-order valence-corrected chi connectivity index (χ2v) is 8.64. The quantitative estimate of drug-likeness (QED) is 0.715. The maximum atomic E-state index is 13.5. The van der Waals surface area contributed by atoms with Crippen LogP contribution in [0.15, 0.2) is 71.8 Å². The minimum atomic E-state index is -3.99. The van der Waals surface area contributed by atoms with Crippen molar-refractivity contribution in [3.05, 3.63) is 83.7 Å². The summed E-state index contributed by atoms with van der Waals surface area (Å²) in [5.41, 5.74) is 1.70. The highest BCUT2D eigenvalue weighted by molar-refractivity contribution is 7.90. The number of carboxylic acids is 1. The predicted molar refractivity (Wildman–Crippen MR) is 106 cm³/mol. The van der Waals surface area contributed by atoms with Gasteiger partial charge in [-0.15, -0.1) is 0 Å². The van der Waals surface area contributed by atoms with Crippen LogP contribution in [0.5, 0.6) is 0 Å². The molecule has 0 bridgehead atoms. The average Bonchev–Trinajstić information content (AvgIpc) is 3.16. The molecule has 148 valence electrons. The molecule has 0 fully saturated rings. The van der Waals surface area contributed by atoms with Crippen LogP contribution in [0.1, 0.15) is 34.1 Å². The van der Waals surface area contributed by atoms with Gasteiger partial charge in [-0.2, -0.15) is 0 Å². The number of aromatic nitrogens is 1. The molecule has 8 heteroatoms. The average molecular weight is 410 g/mol. The normalized spacial score (nSPS) is 17.1. The highest BCUT2D eigenvalue weighted by Gasteiger charge is 2.39. The second-order valence-electron chi connectivity index (χ2n) is 6.86. The third-order valence-corrected chi connectivity index (χ3v) is 6.69. The molecule has 1 atom stereocenters. The molecule has 1 aliphatic rings. The number of aliphatic carboxylic acids is 1. The van der Waals surface area contributed by atoms with E-state index in [-0.39, 0.29) is 16.3 Å². The molecule has 1 aliphatic heterocycles. The first-order valence-electron chi connectivity index (χ1n) is 8.94. The number of fused-ring (bicyclic) bond motifs is 2. The van der Waals surface area contributed by atoms with E-state index < -0.39 is 34.4 Å². The van der Waals surface area contributed by atoms with Gasteiger partial charge in [-0.3, -0.25) is 14.5 Å². The van der Waals surface area contributed by atoms with E-state index in [0.29, 0.717) is 5.56 Å². The van der Waals surface area contributed by atoms with Crippen molar-refractivity contribution in [1.29, 1.82) is 0 Å². The zero-order valence-electron chi connectivity index (χ0n) is 15.5. The van der Waals surface area contributed by atoms with Crippen molar-refractivity contribution < 1.29 is 23.1 Å². The summed E-state index contributed by atoms with van der Waals surface area (Å²) in [6.07, 6.45) is 0.932. The van der Waals surface area contributed by atoms with E-state index >= 15 is 0 Å². The number of para-hydroxylation sites is 1. The number of aryl methyl sites for hydroxylation is 1. The van der Waals surface area contributed by atoms with Gasteiger partial charge in [0.15, 0.2) is 0 Å². The van der Waals surface area contributed by atoms with Crippen LogP contribution in [0, 0.1) is 6.92 Å². The van der Waals surface area contributed by atoms with Crippen molar-refractivity contribution >= 4 is 27.6 Å². The molecule has 1 aromatic heterocycles. The summed E-state index contributed by atoms with van der Waals surface area (Å²) in [6, 6.07) is 15.1. The fraction of sp³-hybridized carbons (Fsp3) is 0.143. The minimum absolute atomic E-state index is 0.0502. The van der Waals surface area contributed by atoms with Crippen molar-refractivity contribution in [1.82, 2.24) is 3.97 Å². The smallest absolute Gasteiger partial charge is 0.305 e. The van der Waals surface area contributed by atoms with Gasteiger partial charge in [0.25, 0.3) is 15.9 Å². The van der Waals surface area contributed by atoms with Crippen molar-refractivity contribution in [3.63, 3.8) is 0 Å². The van der Waals surface area contributed by atoms with Crippen LogP contribution in [0.25, 0.3) is 0 Å². The molecule has 2 heterocycles. The molecular weight excluding hydrogens is 392 g/mol. The first-order chi connectivity index (χ1) is 13.8. The molecule has 29 heavy (non-hydrogen) atoms. The van der Waals surface area contributed by atoms with Crippen LogP contribution in [-0.4, -0.2) is 29.4 Å². The van der Waals surface area contributed by atoms with Gasteiger partial charge in [0.05, 0.1) is 23.8 Å². The largest absolute Gasteiger partial charge is 0.481 e. The van der Waals surface area contributed by atoms with Gasteiger partial charge in [0.1, 0.15) is 4.90 Å². The van der Waals surface area contributed by atoms with E-state index in [2.05, 4.69) is 0 Å². The lowest BCUT2D eigenvalue weighted by Gasteiger charge is -2.30. The standard InChI is InChI=1S/C21H18N2O5S/c1-14-8-10-15(11-9-14)21(26)23-17-5-2-3-7-19(17)29(27,28)22-12-4-6-16(22)18(23)13-20(24)25/h2-12,18H,13H2,1H3,(H,24,25). The Kier molecular flexibility index (Phi) is 4.50. The SMILES string of the molecule is Cc1ccc(C(=O)N2c3ccccc3S(=O)(=O)n3cccc3C2CC(=O)O)cc1.